The van der Waals surface area contributed by atoms with Crippen LogP contribution in [0.2, 0.25) is 0 Å². The molecular weight excluding hydrogens is 340 g/mol. The molecule has 27 heavy (non-hydrogen) atoms. The standard InChI is InChI=1S/C22H26N2O3/c1-2-27-22(26)24-15-13-19(14-16-24)23-21(25)20(17-9-5-3-6-10-17)18-11-7-4-8-12-18/h3-12,19-20H,2,13-16H2,1H3,(H,23,25). The van der Waals surface area contributed by atoms with Crippen LogP contribution in [-0.2, 0) is 9.53 Å². The molecule has 1 fully saturated rings. The topological polar surface area (TPSA) is 58.6 Å². The molecule has 5 nitrogen and oxygen atoms in total. The second kappa shape index (κ2) is 9.21. The molecule has 0 unspecified atom stereocenters. The zero-order valence-electron chi connectivity index (χ0n) is 15.6. The highest BCUT2D eigenvalue weighted by molar-refractivity contribution is 5.87. The zero-order valence-corrected chi connectivity index (χ0v) is 15.6. The van der Waals surface area contributed by atoms with Crippen LogP contribution in [0.1, 0.15) is 36.8 Å². The van der Waals surface area contributed by atoms with E-state index in [1.54, 1.807) is 11.8 Å². The number of hydrogen-bond acceptors (Lipinski definition) is 3. The number of carbonyl (C=O) groups excluding carboxylic acids is 2. The number of rotatable bonds is 5. The van der Waals surface area contributed by atoms with Gasteiger partial charge < -0.3 is 15.0 Å². The van der Waals surface area contributed by atoms with Crippen molar-refractivity contribution in [1.29, 1.82) is 0 Å². The molecule has 0 aliphatic carbocycles. The molecule has 0 spiro atoms. The summed E-state index contributed by atoms with van der Waals surface area (Å²) in [6.45, 7) is 3.39. The summed E-state index contributed by atoms with van der Waals surface area (Å²) in [6.07, 6.45) is 1.20. The van der Waals surface area contributed by atoms with E-state index in [1.165, 1.54) is 0 Å². The van der Waals surface area contributed by atoms with E-state index >= 15 is 0 Å². The van der Waals surface area contributed by atoms with Crippen molar-refractivity contribution in [1.82, 2.24) is 10.2 Å². The van der Waals surface area contributed by atoms with Crippen molar-refractivity contribution in [2.24, 2.45) is 0 Å². The maximum atomic E-state index is 13.1. The molecule has 2 amide bonds. The van der Waals surface area contributed by atoms with Crippen LogP contribution >= 0.6 is 0 Å². The van der Waals surface area contributed by atoms with Gasteiger partial charge in [-0.1, -0.05) is 60.7 Å². The number of amides is 2. The second-order valence-corrected chi connectivity index (χ2v) is 6.72. The Morgan fingerprint density at radius 3 is 2.00 bits per heavy atom. The average Bonchev–Trinajstić information content (AvgIpc) is 2.70. The number of benzene rings is 2. The molecule has 2 aromatic carbocycles. The van der Waals surface area contributed by atoms with Gasteiger partial charge in [-0.25, -0.2) is 4.79 Å². The van der Waals surface area contributed by atoms with Crippen LogP contribution in [0.5, 0.6) is 0 Å². The first kappa shape index (κ1) is 19.0. The minimum absolute atomic E-state index is 0.00184. The minimum atomic E-state index is -0.338. The van der Waals surface area contributed by atoms with Gasteiger partial charge in [0.05, 0.1) is 12.5 Å². The van der Waals surface area contributed by atoms with E-state index in [4.69, 9.17) is 4.74 Å². The third kappa shape index (κ3) is 4.88. The van der Waals surface area contributed by atoms with Crippen LogP contribution in [0.3, 0.4) is 0 Å². The molecule has 2 aromatic rings. The number of nitrogens with one attached hydrogen (secondary N) is 1. The van der Waals surface area contributed by atoms with Crippen LogP contribution in [0, 0.1) is 0 Å². The summed E-state index contributed by atoms with van der Waals surface area (Å²) in [6, 6.07) is 19.7. The van der Waals surface area contributed by atoms with Crippen LogP contribution < -0.4 is 5.32 Å². The summed E-state index contributed by atoms with van der Waals surface area (Å²) in [4.78, 5) is 26.6. The van der Waals surface area contributed by atoms with Gasteiger partial charge in [-0.3, -0.25) is 4.79 Å². The maximum Gasteiger partial charge on any atom is 0.409 e. The zero-order chi connectivity index (χ0) is 19.1. The maximum absolute atomic E-state index is 13.1. The first-order valence-electron chi connectivity index (χ1n) is 9.51. The van der Waals surface area contributed by atoms with E-state index in [0.29, 0.717) is 19.7 Å². The van der Waals surface area contributed by atoms with E-state index in [1.807, 2.05) is 60.7 Å². The number of likely N-dealkylation sites (tertiary alicyclic amines) is 1. The number of ether oxygens (including phenoxy) is 1. The lowest BCUT2D eigenvalue weighted by Gasteiger charge is -2.32. The van der Waals surface area contributed by atoms with Crippen LogP contribution in [-0.4, -0.2) is 42.6 Å². The molecule has 142 valence electrons. The van der Waals surface area contributed by atoms with E-state index in [0.717, 1.165) is 24.0 Å². The van der Waals surface area contributed by atoms with Gasteiger partial charge in [-0.2, -0.15) is 0 Å². The van der Waals surface area contributed by atoms with Crippen molar-refractivity contribution >= 4 is 12.0 Å². The van der Waals surface area contributed by atoms with E-state index in [9.17, 15) is 9.59 Å². The highest BCUT2D eigenvalue weighted by Gasteiger charge is 2.28. The van der Waals surface area contributed by atoms with Gasteiger partial charge in [-0.05, 0) is 30.9 Å². The van der Waals surface area contributed by atoms with E-state index in [-0.39, 0.29) is 24.0 Å². The van der Waals surface area contributed by atoms with E-state index in [2.05, 4.69) is 5.32 Å². The van der Waals surface area contributed by atoms with Crippen LogP contribution in [0.4, 0.5) is 4.79 Å². The largest absolute Gasteiger partial charge is 0.450 e. The molecule has 1 aliphatic heterocycles. The Kier molecular flexibility index (Phi) is 6.47. The Balaban J connectivity index is 1.67. The Bertz CT molecular complexity index is 701. The number of carbonyl (C=O) groups is 2. The molecule has 0 radical (unpaired) electrons. The Morgan fingerprint density at radius 1 is 1.00 bits per heavy atom. The summed E-state index contributed by atoms with van der Waals surface area (Å²) in [5.74, 6) is -0.336. The van der Waals surface area contributed by atoms with Crippen molar-refractivity contribution in [3.05, 3.63) is 71.8 Å². The highest BCUT2D eigenvalue weighted by atomic mass is 16.6. The molecule has 0 bridgehead atoms. The van der Waals surface area contributed by atoms with Crippen molar-refractivity contribution in [2.45, 2.75) is 31.7 Å². The van der Waals surface area contributed by atoms with Crippen molar-refractivity contribution in [3.8, 4) is 0 Å². The lowest BCUT2D eigenvalue weighted by molar-refractivity contribution is -0.122. The number of piperidine rings is 1. The number of nitrogens with zero attached hydrogens (tertiary/aromatic N) is 1. The summed E-state index contributed by atoms with van der Waals surface area (Å²) in [7, 11) is 0. The van der Waals surface area contributed by atoms with Crippen molar-refractivity contribution < 1.29 is 14.3 Å². The highest BCUT2D eigenvalue weighted by Crippen LogP contribution is 2.25. The SMILES string of the molecule is CCOC(=O)N1CCC(NC(=O)C(c2ccccc2)c2ccccc2)CC1. The fourth-order valence-corrected chi connectivity index (χ4v) is 3.49. The van der Waals surface area contributed by atoms with Gasteiger partial charge in [0.25, 0.3) is 0 Å². The van der Waals surface area contributed by atoms with Gasteiger partial charge in [-0.15, -0.1) is 0 Å². The molecule has 1 N–H and O–H groups in total. The second-order valence-electron chi connectivity index (χ2n) is 6.72. The predicted molar refractivity (Wildman–Crippen MR) is 104 cm³/mol. The van der Waals surface area contributed by atoms with Gasteiger partial charge in [0, 0.05) is 19.1 Å². The third-order valence-electron chi connectivity index (χ3n) is 4.90. The molecule has 3 rings (SSSR count). The molecule has 5 heteroatoms. The Morgan fingerprint density at radius 2 is 1.52 bits per heavy atom. The Labute approximate surface area is 160 Å². The number of hydrogen-bond donors (Lipinski definition) is 1. The average molecular weight is 366 g/mol. The quantitative estimate of drug-likeness (QED) is 0.880. The summed E-state index contributed by atoms with van der Waals surface area (Å²) >= 11 is 0. The monoisotopic (exact) mass is 366 g/mol. The predicted octanol–water partition coefficient (Wildman–Crippen LogP) is 3.56. The molecular formula is C22H26N2O3. The lowest BCUT2D eigenvalue weighted by atomic mass is 9.90. The first-order valence-corrected chi connectivity index (χ1v) is 9.51. The summed E-state index contributed by atoms with van der Waals surface area (Å²) in [5.41, 5.74) is 1.95. The smallest absolute Gasteiger partial charge is 0.409 e. The van der Waals surface area contributed by atoms with Crippen molar-refractivity contribution in [3.63, 3.8) is 0 Å². The van der Waals surface area contributed by atoms with Gasteiger partial charge >= 0.3 is 6.09 Å². The normalized spacial score (nSPS) is 14.8. The fraction of sp³-hybridized carbons (Fsp3) is 0.364. The minimum Gasteiger partial charge on any atom is -0.450 e. The van der Waals surface area contributed by atoms with Gasteiger partial charge in [0.15, 0.2) is 0 Å². The molecule has 0 aromatic heterocycles. The first-order chi connectivity index (χ1) is 13.2. The Hall–Kier alpha value is -2.82. The molecule has 0 saturated carbocycles. The van der Waals surface area contributed by atoms with Gasteiger partial charge in [0.2, 0.25) is 5.91 Å². The molecule has 0 atom stereocenters. The third-order valence-corrected chi connectivity index (χ3v) is 4.90. The van der Waals surface area contributed by atoms with E-state index < -0.39 is 0 Å². The van der Waals surface area contributed by atoms with Crippen molar-refractivity contribution in [2.75, 3.05) is 19.7 Å². The lowest BCUT2D eigenvalue weighted by Crippen LogP contribution is -2.47. The molecule has 1 heterocycles. The van der Waals surface area contributed by atoms with Gasteiger partial charge in [0.1, 0.15) is 0 Å². The summed E-state index contributed by atoms with van der Waals surface area (Å²) < 4.78 is 5.05. The fourth-order valence-electron chi connectivity index (χ4n) is 3.49. The summed E-state index contributed by atoms with van der Waals surface area (Å²) in [5, 5.41) is 3.19. The molecule has 1 aliphatic rings. The van der Waals surface area contributed by atoms with Crippen LogP contribution in [0.15, 0.2) is 60.7 Å². The van der Waals surface area contributed by atoms with Crippen LogP contribution in [0.25, 0.3) is 0 Å². The molecule has 1 saturated heterocycles.